The zero-order valence-electron chi connectivity index (χ0n) is 7.24. The van der Waals surface area contributed by atoms with Crippen LogP contribution < -0.4 is 4.74 Å². The summed E-state index contributed by atoms with van der Waals surface area (Å²) in [6.45, 7) is 0. The average Bonchev–Trinajstić information content (AvgIpc) is 2.18. The molecule has 0 unspecified atom stereocenters. The van der Waals surface area contributed by atoms with E-state index in [9.17, 15) is 4.79 Å². The molecule has 0 fully saturated rings. The van der Waals surface area contributed by atoms with Gasteiger partial charge in [-0.05, 0) is 6.07 Å². The number of para-hydroxylation sites is 1. The molecular weight excluding hydrogens is 168 g/mol. The fraction of sp³-hybridized carbons (Fsp3) is 0.200. The van der Waals surface area contributed by atoms with Crippen molar-refractivity contribution in [3.63, 3.8) is 0 Å². The van der Waals surface area contributed by atoms with E-state index in [4.69, 9.17) is 7.11 Å². The van der Waals surface area contributed by atoms with Crippen molar-refractivity contribution in [2.75, 3.05) is 7.11 Å². The van der Waals surface area contributed by atoms with Gasteiger partial charge < -0.3 is 9.47 Å². The van der Waals surface area contributed by atoms with E-state index in [-0.39, 0.29) is 12.4 Å². The summed E-state index contributed by atoms with van der Waals surface area (Å²) in [4.78, 5) is 10.9. The van der Waals surface area contributed by atoms with Crippen LogP contribution in [0.25, 0.3) is 0 Å². The van der Waals surface area contributed by atoms with E-state index in [1.165, 1.54) is 7.11 Å². The molecule has 1 aromatic rings. The van der Waals surface area contributed by atoms with Crippen LogP contribution in [-0.2, 0) is 16.0 Å². The summed E-state index contributed by atoms with van der Waals surface area (Å²) in [5, 5.41) is 0. The number of carbonyl (C=O) groups is 1. The Morgan fingerprint density at radius 2 is 2.15 bits per heavy atom. The highest BCUT2D eigenvalue weighted by molar-refractivity contribution is 5.73. The van der Waals surface area contributed by atoms with Gasteiger partial charge >= 0.3 is 5.97 Å². The van der Waals surface area contributed by atoms with Crippen molar-refractivity contribution in [3.05, 3.63) is 36.9 Å². The van der Waals surface area contributed by atoms with Crippen molar-refractivity contribution in [1.82, 2.24) is 0 Å². The Bertz CT molecular complexity index is 294. The predicted molar refractivity (Wildman–Crippen MR) is 46.0 cm³/mol. The van der Waals surface area contributed by atoms with Gasteiger partial charge in [0.05, 0.1) is 13.5 Å². The van der Waals surface area contributed by atoms with Crippen molar-refractivity contribution in [1.29, 1.82) is 0 Å². The normalized spacial score (nSPS) is 9.38. The summed E-state index contributed by atoms with van der Waals surface area (Å²) in [5.74, 6) is 0.0393. The summed E-state index contributed by atoms with van der Waals surface area (Å²) in [7, 11) is 8.06. The van der Waals surface area contributed by atoms with E-state index >= 15 is 0 Å². The van der Waals surface area contributed by atoms with Crippen LogP contribution in [0.15, 0.2) is 24.3 Å². The lowest BCUT2D eigenvalue weighted by molar-refractivity contribution is -0.139. The lowest BCUT2D eigenvalue weighted by Gasteiger charge is -2.05. The average molecular weight is 177 g/mol. The van der Waals surface area contributed by atoms with Crippen LogP contribution in [0.5, 0.6) is 5.75 Å². The fourth-order valence-corrected chi connectivity index (χ4v) is 0.977. The third kappa shape index (κ3) is 2.47. The maximum absolute atomic E-state index is 10.9. The third-order valence-electron chi connectivity index (χ3n) is 1.65. The minimum Gasteiger partial charge on any atom is -0.473 e. The minimum atomic E-state index is -0.343. The molecule has 0 atom stereocenters. The molecule has 3 nitrogen and oxygen atoms in total. The number of benzene rings is 1. The number of hydrogen-bond donors (Lipinski definition) is 0. The van der Waals surface area contributed by atoms with Crippen LogP contribution in [0.4, 0.5) is 0 Å². The molecule has 13 heavy (non-hydrogen) atoms. The first-order chi connectivity index (χ1) is 6.27. The maximum Gasteiger partial charge on any atom is 0.310 e. The van der Waals surface area contributed by atoms with E-state index in [0.29, 0.717) is 11.3 Å². The first kappa shape index (κ1) is 9.58. The van der Waals surface area contributed by atoms with Crippen molar-refractivity contribution in [2.45, 2.75) is 6.42 Å². The second-order valence-electron chi connectivity index (χ2n) is 2.46. The molecule has 0 aromatic heterocycles. The lowest BCUT2D eigenvalue weighted by Crippen LogP contribution is -2.05. The topological polar surface area (TPSA) is 35.5 Å². The number of rotatable bonds is 3. The highest BCUT2D eigenvalue weighted by Gasteiger charge is 2.07. The van der Waals surface area contributed by atoms with E-state index in [1.54, 1.807) is 24.3 Å². The molecule has 0 saturated heterocycles. The highest BCUT2D eigenvalue weighted by atomic mass is 16.5. The molecule has 0 spiro atoms. The lowest BCUT2D eigenvalue weighted by atomic mass is 10.1. The van der Waals surface area contributed by atoms with Gasteiger partial charge in [-0.25, -0.2) is 0 Å². The Kier molecular flexibility index (Phi) is 3.31. The molecule has 0 aliphatic carbocycles. The molecular formula is C10H9O3. The quantitative estimate of drug-likeness (QED) is 0.653. The number of ether oxygens (including phenoxy) is 2. The van der Waals surface area contributed by atoms with Crippen LogP contribution in [-0.4, -0.2) is 13.1 Å². The zero-order chi connectivity index (χ0) is 9.68. The first-order valence-corrected chi connectivity index (χ1v) is 3.76. The van der Waals surface area contributed by atoms with Gasteiger partial charge in [-0.1, -0.05) is 18.2 Å². The van der Waals surface area contributed by atoms with Gasteiger partial charge in [-0.15, -0.1) is 0 Å². The van der Waals surface area contributed by atoms with Crippen molar-refractivity contribution < 1.29 is 14.3 Å². The molecule has 0 heterocycles. The monoisotopic (exact) mass is 177 g/mol. The number of hydrogen-bond acceptors (Lipinski definition) is 3. The Morgan fingerprint density at radius 1 is 1.46 bits per heavy atom. The number of esters is 1. The van der Waals surface area contributed by atoms with Gasteiger partial charge in [0.25, 0.3) is 7.11 Å². The van der Waals surface area contributed by atoms with Gasteiger partial charge in [-0.3, -0.25) is 4.79 Å². The first-order valence-electron chi connectivity index (χ1n) is 3.76. The SMILES string of the molecule is [C]Oc1ccccc1CC(=O)OC. The predicted octanol–water partition coefficient (Wildman–Crippen LogP) is 1.33. The second kappa shape index (κ2) is 4.50. The Morgan fingerprint density at radius 3 is 2.77 bits per heavy atom. The zero-order valence-corrected chi connectivity index (χ0v) is 7.24. The molecule has 3 heteroatoms. The highest BCUT2D eigenvalue weighted by Crippen LogP contribution is 2.18. The number of carbonyl (C=O) groups excluding carboxylic acids is 1. The van der Waals surface area contributed by atoms with E-state index < -0.39 is 0 Å². The minimum absolute atomic E-state index is 0.131. The molecule has 0 aliphatic heterocycles. The van der Waals surface area contributed by atoms with Crippen LogP contribution in [0.3, 0.4) is 0 Å². The molecule has 0 bridgehead atoms. The van der Waals surface area contributed by atoms with Crippen LogP contribution in [0.1, 0.15) is 5.56 Å². The molecule has 67 valence electrons. The Labute approximate surface area is 77.3 Å². The van der Waals surface area contributed by atoms with Crippen LogP contribution in [0, 0.1) is 7.11 Å². The van der Waals surface area contributed by atoms with E-state index in [0.717, 1.165) is 0 Å². The second-order valence-corrected chi connectivity index (χ2v) is 2.46. The van der Waals surface area contributed by atoms with E-state index in [2.05, 4.69) is 9.47 Å². The molecule has 0 saturated carbocycles. The molecule has 0 N–H and O–H groups in total. The van der Waals surface area contributed by atoms with Gasteiger partial charge in [0.15, 0.2) is 0 Å². The summed E-state index contributed by atoms with van der Waals surface area (Å²) in [5.41, 5.74) is 0.657. The molecule has 1 aromatic carbocycles. The summed E-state index contributed by atoms with van der Waals surface area (Å²) in [6.07, 6.45) is 0.131. The van der Waals surface area contributed by atoms with Crippen LogP contribution >= 0.6 is 0 Å². The number of methoxy groups -OCH3 is 1. The summed E-state index contributed by atoms with van der Waals surface area (Å²) < 4.78 is 8.83. The third-order valence-corrected chi connectivity index (χ3v) is 1.65. The van der Waals surface area contributed by atoms with Gasteiger partial charge in [0.1, 0.15) is 5.75 Å². The summed E-state index contributed by atoms with van der Waals surface area (Å²) >= 11 is 0. The van der Waals surface area contributed by atoms with Crippen molar-refractivity contribution in [2.24, 2.45) is 0 Å². The smallest absolute Gasteiger partial charge is 0.310 e. The summed E-state index contributed by atoms with van der Waals surface area (Å²) in [6, 6.07) is 6.87. The van der Waals surface area contributed by atoms with E-state index in [1.807, 2.05) is 0 Å². The molecule has 1 rings (SSSR count). The maximum atomic E-state index is 10.9. The van der Waals surface area contributed by atoms with Gasteiger partial charge in [-0.2, -0.15) is 0 Å². The van der Waals surface area contributed by atoms with Crippen molar-refractivity contribution in [3.8, 4) is 5.75 Å². The largest absolute Gasteiger partial charge is 0.473 e. The molecule has 0 aliphatic rings. The van der Waals surface area contributed by atoms with Crippen molar-refractivity contribution >= 4 is 5.97 Å². The van der Waals surface area contributed by atoms with Crippen LogP contribution in [0.2, 0.25) is 0 Å². The van der Waals surface area contributed by atoms with Gasteiger partial charge in [0.2, 0.25) is 0 Å². The standard InChI is InChI=1S/C10H9O3/c1-12-9-6-4-3-5-8(9)7-10(11)13-2/h3-6H,7H2,2H3. The fourth-order valence-electron chi connectivity index (χ4n) is 0.977. The van der Waals surface area contributed by atoms with Gasteiger partial charge in [0, 0.05) is 5.56 Å². The molecule has 0 amide bonds. The molecule has 3 radical (unpaired) electrons. The Hall–Kier alpha value is -1.51. The Balaban J connectivity index is 2.81.